The molecule has 7 nitrogen and oxygen atoms in total. The highest BCUT2D eigenvalue weighted by Crippen LogP contribution is 2.44. The summed E-state index contributed by atoms with van der Waals surface area (Å²) in [5.41, 5.74) is 1.76. The van der Waals surface area contributed by atoms with Crippen molar-refractivity contribution in [2.24, 2.45) is 0 Å². The standard InChI is InChI=1S/C28H27FN2O5/c1-5-36-21-8-6-7-20(16-21)31-25(17-9-12-19(13-10-17)30(2)3)24(27(33)28(31)34)26(32)22-15-18(29)11-14-23(22)35-4/h6-16,25,32H,5H2,1-4H3/b26-24+. The topological polar surface area (TPSA) is 79.3 Å². The average Bonchev–Trinajstić information content (AvgIpc) is 3.14. The van der Waals surface area contributed by atoms with Crippen molar-refractivity contribution in [3.63, 3.8) is 0 Å². The Morgan fingerprint density at radius 2 is 1.78 bits per heavy atom. The molecule has 1 amide bonds. The second-order valence-electron chi connectivity index (χ2n) is 8.43. The number of aliphatic hydroxyl groups excluding tert-OH is 1. The summed E-state index contributed by atoms with van der Waals surface area (Å²) < 4.78 is 25.0. The highest BCUT2D eigenvalue weighted by molar-refractivity contribution is 6.51. The number of benzene rings is 3. The molecule has 4 rings (SSSR count). The van der Waals surface area contributed by atoms with E-state index in [1.165, 1.54) is 24.1 Å². The number of methoxy groups -OCH3 is 1. The summed E-state index contributed by atoms with van der Waals surface area (Å²) in [5, 5.41) is 11.3. The number of anilines is 2. The van der Waals surface area contributed by atoms with Gasteiger partial charge in [0.2, 0.25) is 0 Å². The van der Waals surface area contributed by atoms with Crippen molar-refractivity contribution in [3.8, 4) is 11.5 Å². The predicted molar refractivity (Wildman–Crippen MR) is 136 cm³/mol. The van der Waals surface area contributed by atoms with E-state index in [9.17, 15) is 19.1 Å². The van der Waals surface area contributed by atoms with E-state index in [4.69, 9.17) is 9.47 Å². The van der Waals surface area contributed by atoms with Crippen molar-refractivity contribution in [2.45, 2.75) is 13.0 Å². The summed E-state index contributed by atoms with van der Waals surface area (Å²) in [6.07, 6.45) is 0. The van der Waals surface area contributed by atoms with Crippen LogP contribution in [0.25, 0.3) is 5.76 Å². The molecule has 186 valence electrons. The third-order valence-corrected chi connectivity index (χ3v) is 5.99. The van der Waals surface area contributed by atoms with Crippen LogP contribution in [-0.2, 0) is 9.59 Å². The van der Waals surface area contributed by atoms with Crippen LogP contribution in [0.3, 0.4) is 0 Å². The van der Waals surface area contributed by atoms with Crippen LogP contribution in [0.15, 0.2) is 72.3 Å². The third kappa shape index (κ3) is 4.49. The molecular weight excluding hydrogens is 463 g/mol. The number of hydrogen-bond donors (Lipinski definition) is 1. The fourth-order valence-electron chi connectivity index (χ4n) is 4.27. The maximum absolute atomic E-state index is 14.1. The lowest BCUT2D eigenvalue weighted by atomic mass is 9.94. The van der Waals surface area contributed by atoms with E-state index in [2.05, 4.69) is 0 Å². The smallest absolute Gasteiger partial charge is 0.300 e. The molecule has 1 aliphatic heterocycles. The number of carbonyl (C=O) groups is 2. The van der Waals surface area contributed by atoms with Gasteiger partial charge in [0.05, 0.1) is 30.9 Å². The fourth-order valence-corrected chi connectivity index (χ4v) is 4.27. The largest absolute Gasteiger partial charge is 0.507 e. The zero-order valence-electron chi connectivity index (χ0n) is 20.5. The minimum Gasteiger partial charge on any atom is -0.507 e. The van der Waals surface area contributed by atoms with Crippen LogP contribution in [0.4, 0.5) is 15.8 Å². The molecule has 36 heavy (non-hydrogen) atoms. The van der Waals surface area contributed by atoms with E-state index in [1.54, 1.807) is 36.4 Å². The van der Waals surface area contributed by atoms with Gasteiger partial charge in [-0.3, -0.25) is 14.5 Å². The number of rotatable bonds is 7. The predicted octanol–water partition coefficient (Wildman–Crippen LogP) is 4.93. The maximum atomic E-state index is 14.1. The lowest BCUT2D eigenvalue weighted by Gasteiger charge is -2.26. The van der Waals surface area contributed by atoms with Crippen LogP contribution in [-0.4, -0.2) is 44.6 Å². The van der Waals surface area contributed by atoms with Gasteiger partial charge < -0.3 is 19.5 Å². The van der Waals surface area contributed by atoms with E-state index < -0.39 is 29.3 Å². The van der Waals surface area contributed by atoms with E-state index in [0.29, 0.717) is 23.6 Å². The van der Waals surface area contributed by atoms with E-state index in [-0.39, 0.29) is 16.9 Å². The number of hydrogen-bond acceptors (Lipinski definition) is 6. The highest BCUT2D eigenvalue weighted by atomic mass is 19.1. The van der Waals surface area contributed by atoms with Gasteiger partial charge >= 0.3 is 0 Å². The molecule has 3 aromatic rings. The minimum atomic E-state index is -0.967. The first-order valence-corrected chi connectivity index (χ1v) is 11.4. The molecule has 1 saturated heterocycles. The summed E-state index contributed by atoms with van der Waals surface area (Å²) in [7, 11) is 5.17. The number of Topliss-reactive ketones (excluding diaryl/α,β-unsaturated/α-hetero) is 1. The Balaban J connectivity index is 1.96. The van der Waals surface area contributed by atoms with E-state index in [1.807, 2.05) is 38.1 Å². The number of amides is 1. The van der Waals surface area contributed by atoms with Crippen molar-refractivity contribution >= 4 is 28.8 Å². The molecule has 0 aliphatic carbocycles. The SMILES string of the molecule is CCOc1cccc(N2C(=O)C(=O)/C(=C(/O)c3cc(F)ccc3OC)C2c2ccc(N(C)C)cc2)c1. The summed E-state index contributed by atoms with van der Waals surface area (Å²) in [5.74, 6) is -2.15. The number of aliphatic hydroxyl groups is 1. The first kappa shape index (κ1) is 24.8. The Kier molecular flexibility index (Phi) is 6.96. The second kappa shape index (κ2) is 10.1. The number of halogens is 1. The van der Waals surface area contributed by atoms with Crippen LogP contribution >= 0.6 is 0 Å². The van der Waals surface area contributed by atoms with Crippen LogP contribution in [0.1, 0.15) is 24.1 Å². The second-order valence-corrected chi connectivity index (χ2v) is 8.43. The zero-order valence-corrected chi connectivity index (χ0v) is 20.5. The van der Waals surface area contributed by atoms with Gasteiger partial charge in [-0.2, -0.15) is 0 Å². The van der Waals surface area contributed by atoms with Gasteiger partial charge in [0.15, 0.2) is 0 Å². The monoisotopic (exact) mass is 490 g/mol. The molecule has 1 fully saturated rings. The number of nitrogens with zero attached hydrogens (tertiary/aromatic N) is 2. The van der Waals surface area contributed by atoms with Crippen LogP contribution < -0.4 is 19.3 Å². The normalized spacial score (nSPS) is 16.8. The van der Waals surface area contributed by atoms with Gasteiger partial charge in [-0.15, -0.1) is 0 Å². The Bertz CT molecular complexity index is 1330. The highest BCUT2D eigenvalue weighted by Gasteiger charge is 2.47. The quantitative estimate of drug-likeness (QED) is 0.288. The molecule has 3 aromatic carbocycles. The van der Waals surface area contributed by atoms with Gasteiger partial charge in [0.25, 0.3) is 11.7 Å². The van der Waals surface area contributed by atoms with Crippen LogP contribution in [0.5, 0.6) is 11.5 Å². The van der Waals surface area contributed by atoms with Crippen LogP contribution in [0.2, 0.25) is 0 Å². The summed E-state index contributed by atoms with van der Waals surface area (Å²) >= 11 is 0. The van der Waals surface area contributed by atoms with E-state index in [0.717, 1.165) is 11.8 Å². The third-order valence-electron chi connectivity index (χ3n) is 5.99. The van der Waals surface area contributed by atoms with Gasteiger partial charge in [-0.25, -0.2) is 4.39 Å². The lowest BCUT2D eigenvalue weighted by molar-refractivity contribution is -0.132. The number of ether oxygens (including phenoxy) is 2. The molecule has 1 unspecified atom stereocenters. The Morgan fingerprint density at radius 1 is 1.06 bits per heavy atom. The number of carbonyl (C=O) groups excluding carboxylic acids is 2. The molecule has 1 atom stereocenters. The van der Waals surface area contributed by atoms with Gasteiger partial charge in [-0.05, 0) is 55.0 Å². The molecule has 0 aromatic heterocycles. The molecule has 0 saturated carbocycles. The molecule has 1 aliphatic rings. The Hall–Kier alpha value is -4.33. The summed E-state index contributed by atoms with van der Waals surface area (Å²) in [6.45, 7) is 2.27. The maximum Gasteiger partial charge on any atom is 0.300 e. The Labute approximate surface area is 209 Å². The summed E-state index contributed by atoms with van der Waals surface area (Å²) in [6, 6.07) is 16.8. The molecule has 0 radical (unpaired) electrons. The first-order valence-electron chi connectivity index (χ1n) is 11.4. The van der Waals surface area contributed by atoms with Gasteiger partial charge in [0, 0.05) is 31.5 Å². The fraction of sp³-hybridized carbons (Fsp3) is 0.214. The zero-order chi connectivity index (χ0) is 26.0. The molecule has 0 spiro atoms. The number of ketones is 1. The average molecular weight is 491 g/mol. The van der Waals surface area contributed by atoms with Crippen molar-refractivity contribution in [1.29, 1.82) is 0 Å². The molecule has 1 N–H and O–H groups in total. The van der Waals surface area contributed by atoms with Gasteiger partial charge in [-0.1, -0.05) is 18.2 Å². The lowest BCUT2D eigenvalue weighted by Crippen LogP contribution is -2.29. The van der Waals surface area contributed by atoms with Crippen molar-refractivity contribution in [1.82, 2.24) is 0 Å². The molecular formula is C28H27FN2O5. The molecule has 8 heteroatoms. The minimum absolute atomic E-state index is 0.0199. The molecule has 1 heterocycles. The van der Waals surface area contributed by atoms with E-state index >= 15 is 0 Å². The van der Waals surface area contributed by atoms with Crippen molar-refractivity contribution in [3.05, 3.63) is 89.2 Å². The van der Waals surface area contributed by atoms with Gasteiger partial charge in [0.1, 0.15) is 23.1 Å². The molecule has 0 bridgehead atoms. The summed E-state index contributed by atoms with van der Waals surface area (Å²) in [4.78, 5) is 30.0. The Morgan fingerprint density at radius 3 is 2.42 bits per heavy atom. The van der Waals surface area contributed by atoms with Crippen molar-refractivity contribution < 1.29 is 28.6 Å². The van der Waals surface area contributed by atoms with Crippen molar-refractivity contribution in [2.75, 3.05) is 37.6 Å². The first-order chi connectivity index (χ1) is 17.3. The van der Waals surface area contributed by atoms with Crippen LogP contribution in [0, 0.1) is 5.82 Å².